The highest BCUT2D eigenvalue weighted by Gasteiger charge is 2.04. The zero-order chi connectivity index (χ0) is 13.1. The van der Waals surface area contributed by atoms with E-state index in [1.54, 1.807) is 18.2 Å². The summed E-state index contributed by atoms with van der Waals surface area (Å²) in [5.41, 5.74) is 1.61. The predicted molar refractivity (Wildman–Crippen MR) is 68.5 cm³/mol. The molecular formula is C13H7BrF2N2. The Hall–Kier alpha value is -1.93. The smallest absolute Gasteiger partial charge is 0.160 e. The largest absolute Gasteiger partial charge is 0.355 e. The summed E-state index contributed by atoms with van der Waals surface area (Å²) in [7, 11) is 0. The monoisotopic (exact) mass is 308 g/mol. The quantitative estimate of drug-likeness (QED) is 0.895. The fourth-order valence-corrected chi connectivity index (χ4v) is 1.89. The summed E-state index contributed by atoms with van der Waals surface area (Å²) in [6.45, 7) is 0. The van der Waals surface area contributed by atoms with Gasteiger partial charge in [-0.25, -0.2) is 8.78 Å². The van der Waals surface area contributed by atoms with E-state index >= 15 is 0 Å². The summed E-state index contributed by atoms with van der Waals surface area (Å²) in [5, 5.41) is 11.7. The number of benzene rings is 2. The van der Waals surface area contributed by atoms with Crippen LogP contribution in [0.1, 0.15) is 5.56 Å². The molecule has 0 aromatic heterocycles. The molecule has 0 aliphatic carbocycles. The topological polar surface area (TPSA) is 35.8 Å². The van der Waals surface area contributed by atoms with Gasteiger partial charge in [-0.2, -0.15) is 5.26 Å². The van der Waals surface area contributed by atoms with Crippen molar-refractivity contribution in [3.05, 3.63) is 58.1 Å². The van der Waals surface area contributed by atoms with Gasteiger partial charge in [-0.1, -0.05) is 0 Å². The first kappa shape index (κ1) is 12.5. The lowest BCUT2D eigenvalue weighted by molar-refractivity contribution is 0.509. The van der Waals surface area contributed by atoms with Crippen LogP contribution in [0.2, 0.25) is 0 Å². The standard InChI is InChI=1S/C13H7BrF2N2/c14-11-5-9(2-1-8(11)7-17)18-10-3-4-12(15)13(16)6-10/h1-6,18H. The number of hydrogen-bond donors (Lipinski definition) is 1. The Kier molecular flexibility index (Phi) is 3.58. The SMILES string of the molecule is N#Cc1ccc(Nc2ccc(F)c(F)c2)cc1Br. The highest BCUT2D eigenvalue weighted by Crippen LogP contribution is 2.24. The second-order valence-electron chi connectivity index (χ2n) is 3.56. The third-order valence-electron chi connectivity index (χ3n) is 2.30. The molecule has 2 rings (SSSR count). The first-order valence-electron chi connectivity index (χ1n) is 5.02. The Morgan fingerprint density at radius 1 is 1.00 bits per heavy atom. The minimum Gasteiger partial charge on any atom is -0.355 e. The minimum absolute atomic E-state index is 0.436. The molecule has 0 bridgehead atoms. The molecule has 1 N–H and O–H groups in total. The molecule has 0 aliphatic heterocycles. The molecule has 0 fully saturated rings. The molecule has 2 aromatic rings. The second kappa shape index (κ2) is 5.15. The number of anilines is 2. The summed E-state index contributed by atoms with van der Waals surface area (Å²) in [5.74, 6) is -1.80. The van der Waals surface area contributed by atoms with Crippen LogP contribution in [0.3, 0.4) is 0 Å². The van der Waals surface area contributed by atoms with E-state index in [4.69, 9.17) is 5.26 Å². The van der Waals surface area contributed by atoms with Gasteiger partial charge in [-0.3, -0.25) is 0 Å². The maximum absolute atomic E-state index is 13.0. The molecule has 2 aromatic carbocycles. The van der Waals surface area contributed by atoms with Gasteiger partial charge < -0.3 is 5.32 Å². The summed E-state index contributed by atoms with van der Waals surface area (Å²) in [4.78, 5) is 0. The molecule has 5 heteroatoms. The van der Waals surface area contributed by atoms with E-state index in [0.29, 0.717) is 21.4 Å². The third-order valence-corrected chi connectivity index (χ3v) is 2.95. The van der Waals surface area contributed by atoms with Crippen LogP contribution in [-0.2, 0) is 0 Å². The van der Waals surface area contributed by atoms with Crippen molar-refractivity contribution in [2.24, 2.45) is 0 Å². The average molecular weight is 309 g/mol. The van der Waals surface area contributed by atoms with E-state index in [9.17, 15) is 8.78 Å². The van der Waals surface area contributed by atoms with E-state index in [-0.39, 0.29) is 0 Å². The molecule has 0 unspecified atom stereocenters. The van der Waals surface area contributed by atoms with Gasteiger partial charge in [0.15, 0.2) is 11.6 Å². The Labute approximate surface area is 111 Å². The fraction of sp³-hybridized carbons (Fsp3) is 0. The second-order valence-corrected chi connectivity index (χ2v) is 4.41. The van der Waals surface area contributed by atoms with E-state index in [1.165, 1.54) is 6.07 Å². The van der Waals surface area contributed by atoms with Gasteiger partial charge in [-0.15, -0.1) is 0 Å². The fourth-order valence-electron chi connectivity index (χ4n) is 1.42. The molecule has 18 heavy (non-hydrogen) atoms. The molecule has 2 nitrogen and oxygen atoms in total. The first-order chi connectivity index (χ1) is 8.60. The van der Waals surface area contributed by atoms with Crippen LogP contribution >= 0.6 is 15.9 Å². The van der Waals surface area contributed by atoms with Crippen LogP contribution in [-0.4, -0.2) is 0 Å². The lowest BCUT2D eigenvalue weighted by Crippen LogP contribution is -1.93. The zero-order valence-electron chi connectivity index (χ0n) is 9.05. The Morgan fingerprint density at radius 3 is 2.28 bits per heavy atom. The van der Waals surface area contributed by atoms with Crippen molar-refractivity contribution >= 4 is 27.3 Å². The minimum atomic E-state index is -0.910. The van der Waals surface area contributed by atoms with E-state index < -0.39 is 11.6 Å². The summed E-state index contributed by atoms with van der Waals surface area (Å²) in [6, 6.07) is 10.6. The van der Waals surface area contributed by atoms with Gasteiger partial charge in [0.05, 0.1) is 5.56 Å². The highest BCUT2D eigenvalue weighted by molar-refractivity contribution is 9.10. The van der Waals surface area contributed by atoms with Crippen molar-refractivity contribution in [3.63, 3.8) is 0 Å². The van der Waals surface area contributed by atoms with Gasteiger partial charge in [0.25, 0.3) is 0 Å². The molecule has 0 atom stereocenters. The zero-order valence-corrected chi connectivity index (χ0v) is 10.6. The Balaban J connectivity index is 2.26. The Bertz CT molecular complexity index is 635. The van der Waals surface area contributed by atoms with E-state index in [0.717, 1.165) is 12.1 Å². The van der Waals surface area contributed by atoms with Crippen LogP contribution in [0.15, 0.2) is 40.9 Å². The lowest BCUT2D eigenvalue weighted by Gasteiger charge is -2.07. The van der Waals surface area contributed by atoms with E-state index in [1.807, 2.05) is 6.07 Å². The van der Waals surface area contributed by atoms with Crippen molar-refractivity contribution < 1.29 is 8.78 Å². The molecule has 0 spiro atoms. The van der Waals surface area contributed by atoms with Crippen LogP contribution in [0, 0.1) is 23.0 Å². The van der Waals surface area contributed by atoms with Crippen molar-refractivity contribution in [1.29, 1.82) is 5.26 Å². The molecule has 0 saturated carbocycles. The number of nitriles is 1. The van der Waals surface area contributed by atoms with Crippen molar-refractivity contribution in [3.8, 4) is 6.07 Å². The lowest BCUT2D eigenvalue weighted by atomic mass is 10.2. The van der Waals surface area contributed by atoms with Crippen LogP contribution in [0.4, 0.5) is 20.2 Å². The van der Waals surface area contributed by atoms with Gasteiger partial charge in [0, 0.05) is 21.9 Å². The maximum Gasteiger partial charge on any atom is 0.160 e. The predicted octanol–water partition coefficient (Wildman–Crippen LogP) is 4.34. The summed E-state index contributed by atoms with van der Waals surface area (Å²) < 4.78 is 26.4. The Morgan fingerprint density at radius 2 is 1.67 bits per heavy atom. The van der Waals surface area contributed by atoms with Crippen molar-refractivity contribution in [2.45, 2.75) is 0 Å². The molecule has 0 radical (unpaired) electrons. The summed E-state index contributed by atoms with van der Waals surface area (Å²) >= 11 is 3.25. The van der Waals surface area contributed by atoms with Crippen LogP contribution in [0.5, 0.6) is 0 Å². The van der Waals surface area contributed by atoms with Gasteiger partial charge in [-0.05, 0) is 46.3 Å². The number of rotatable bonds is 2. The molecule has 0 heterocycles. The molecule has 0 amide bonds. The number of nitrogens with zero attached hydrogens (tertiary/aromatic N) is 1. The molecule has 90 valence electrons. The van der Waals surface area contributed by atoms with Crippen molar-refractivity contribution in [1.82, 2.24) is 0 Å². The number of hydrogen-bond acceptors (Lipinski definition) is 2. The van der Waals surface area contributed by atoms with Crippen LogP contribution in [0.25, 0.3) is 0 Å². The normalized spacial score (nSPS) is 9.89. The molecular weight excluding hydrogens is 302 g/mol. The van der Waals surface area contributed by atoms with Crippen LogP contribution < -0.4 is 5.32 Å². The third kappa shape index (κ3) is 2.66. The molecule has 0 saturated heterocycles. The van der Waals surface area contributed by atoms with Crippen molar-refractivity contribution in [2.75, 3.05) is 5.32 Å². The van der Waals surface area contributed by atoms with Gasteiger partial charge >= 0.3 is 0 Å². The average Bonchev–Trinajstić information content (AvgIpc) is 2.34. The first-order valence-corrected chi connectivity index (χ1v) is 5.81. The van der Waals surface area contributed by atoms with Gasteiger partial charge in [0.1, 0.15) is 6.07 Å². The number of nitrogens with one attached hydrogen (secondary N) is 1. The highest BCUT2D eigenvalue weighted by atomic mass is 79.9. The maximum atomic E-state index is 13.0. The molecule has 0 aliphatic rings. The summed E-state index contributed by atoms with van der Waals surface area (Å²) in [6.07, 6.45) is 0. The van der Waals surface area contributed by atoms with E-state index in [2.05, 4.69) is 21.2 Å². The van der Waals surface area contributed by atoms with Gasteiger partial charge in [0.2, 0.25) is 0 Å². The number of halogens is 3.